The Morgan fingerprint density at radius 2 is 2.33 bits per heavy atom. The second kappa shape index (κ2) is 6.58. The lowest BCUT2D eigenvalue weighted by molar-refractivity contribution is -0.120. The van der Waals surface area contributed by atoms with Gasteiger partial charge >= 0.3 is 0 Å². The van der Waals surface area contributed by atoms with Gasteiger partial charge in [0, 0.05) is 31.6 Å². The Labute approximate surface area is 125 Å². The first-order valence-electron chi connectivity index (χ1n) is 7.69. The molecule has 1 atom stereocenters. The van der Waals surface area contributed by atoms with Gasteiger partial charge in [0.05, 0.1) is 11.3 Å². The predicted molar refractivity (Wildman–Crippen MR) is 80.6 cm³/mol. The van der Waals surface area contributed by atoms with E-state index in [2.05, 4.69) is 21.8 Å². The summed E-state index contributed by atoms with van der Waals surface area (Å²) in [6, 6.07) is 0. The van der Waals surface area contributed by atoms with Crippen molar-refractivity contribution in [2.75, 3.05) is 13.1 Å². The zero-order valence-electron chi connectivity index (χ0n) is 13.0. The highest BCUT2D eigenvalue weighted by molar-refractivity contribution is 5.73. The fourth-order valence-corrected chi connectivity index (χ4v) is 3.00. The minimum Gasteiger partial charge on any atom is -0.389 e. The Hall–Kier alpha value is -1.40. The summed E-state index contributed by atoms with van der Waals surface area (Å²) in [6.07, 6.45) is 3.24. The molecule has 0 unspecified atom stereocenters. The molecule has 1 aliphatic heterocycles. The number of imidazole rings is 1. The van der Waals surface area contributed by atoms with E-state index in [9.17, 15) is 9.90 Å². The normalized spacial score (nSPS) is 23.4. The van der Waals surface area contributed by atoms with Crippen molar-refractivity contribution in [1.29, 1.82) is 0 Å². The third kappa shape index (κ3) is 4.28. The molecule has 0 aromatic carbocycles. The molecule has 6 nitrogen and oxygen atoms in total. The zero-order chi connectivity index (χ0) is 15.5. The van der Waals surface area contributed by atoms with Gasteiger partial charge in [0.2, 0.25) is 5.91 Å². The molecule has 0 bridgehead atoms. The van der Waals surface area contributed by atoms with Crippen LogP contribution in [0.15, 0.2) is 0 Å². The molecular weight excluding hydrogens is 268 g/mol. The topological polar surface area (TPSA) is 95.2 Å². The highest BCUT2D eigenvalue weighted by atomic mass is 16.3. The standard InChI is InChI=1S/C15H26N4O2/c1-3-14-17-11(2)12(18-14)9-19-8-4-6-15(21,10-19)7-5-13(16)20/h21H,3-10H2,1-2H3,(H2,16,20)(H,17,18)/t15-/m1/s1. The van der Waals surface area contributed by atoms with Crippen LogP contribution in [0, 0.1) is 6.92 Å². The summed E-state index contributed by atoms with van der Waals surface area (Å²) in [4.78, 5) is 21.0. The molecule has 1 fully saturated rings. The second-order valence-electron chi connectivity index (χ2n) is 6.11. The number of β-amino-alcohol motifs (C(OH)–C–C–N with tert-alkyl or cyclic N) is 1. The van der Waals surface area contributed by atoms with Crippen LogP contribution < -0.4 is 5.73 Å². The van der Waals surface area contributed by atoms with E-state index in [0.29, 0.717) is 13.0 Å². The molecule has 1 aromatic rings. The molecule has 1 amide bonds. The number of aliphatic hydroxyl groups is 1. The van der Waals surface area contributed by atoms with E-state index in [0.717, 1.165) is 49.6 Å². The number of aryl methyl sites for hydroxylation is 2. The largest absolute Gasteiger partial charge is 0.389 e. The molecule has 2 rings (SSSR count). The molecule has 1 aliphatic rings. The molecule has 0 spiro atoms. The van der Waals surface area contributed by atoms with E-state index in [4.69, 9.17) is 5.73 Å². The van der Waals surface area contributed by atoms with Crippen molar-refractivity contribution in [3.05, 3.63) is 17.2 Å². The van der Waals surface area contributed by atoms with Gasteiger partial charge in [-0.3, -0.25) is 9.69 Å². The van der Waals surface area contributed by atoms with E-state index >= 15 is 0 Å². The van der Waals surface area contributed by atoms with Crippen LogP contribution in [0.1, 0.15) is 49.8 Å². The first-order chi connectivity index (χ1) is 9.92. The molecule has 0 radical (unpaired) electrons. The van der Waals surface area contributed by atoms with Crippen LogP contribution in [0.5, 0.6) is 0 Å². The molecule has 1 aromatic heterocycles. The number of aromatic amines is 1. The third-order valence-corrected chi connectivity index (χ3v) is 4.21. The number of nitrogens with two attached hydrogens (primary N) is 1. The fourth-order valence-electron chi connectivity index (χ4n) is 3.00. The number of nitrogens with zero attached hydrogens (tertiary/aromatic N) is 2. The summed E-state index contributed by atoms with van der Waals surface area (Å²) in [6.45, 7) is 6.37. The number of rotatable bonds is 6. The molecule has 0 aliphatic carbocycles. The SMILES string of the molecule is CCc1nc(CN2CCC[C@@](O)(CCC(N)=O)C2)c(C)[nH]1. The summed E-state index contributed by atoms with van der Waals surface area (Å²) in [7, 11) is 0. The Bertz CT molecular complexity index is 500. The quantitative estimate of drug-likeness (QED) is 0.725. The van der Waals surface area contributed by atoms with Gasteiger partial charge in [0.25, 0.3) is 0 Å². The van der Waals surface area contributed by atoms with Crippen molar-refractivity contribution < 1.29 is 9.90 Å². The van der Waals surface area contributed by atoms with Crippen LogP contribution in [0.2, 0.25) is 0 Å². The van der Waals surface area contributed by atoms with Crippen molar-refractivity contribution in [3.63, 3.8) is 0 Å². The van der Waals surface area contributed by atoms with Crippen LogP contribution in [0.25, 0.3) is 0 Å². The van der Waals surface area contributed by atoms with Crippen molar-refractivity contribution in [2.45, 2.75) is 58.1 Å². The van der Waals surface area contributed by atoms with Gasteiger partial charge in [0.15, 0.2) is 0 Å². The predicted octanol–water partition coefficient (Wildman–Crippen LogP) is 0.873. The second-order valence-corrected chi connectivity index (χ2v) is 6.11. The van der Waals surface area contributed by atoms with Gasteiger partial charge in [-0.2, -0.15) is 0 Å². The first kappa shape index (κ1) is 16.0. The number of carbonyl (C=O) groups excluding carboxylic acids is 1. The van der Waals surface area contributed by atoms with Crippen LogP contribution >= 0.6 is 0 Å². The summed E-state index contributed by atoms with van der Waals surface area (Å²) < 4.78 is 0. The lowest BCUT2D eigenvalue weighted by Crippen LogP contribution is -2.48. The summed E-state index contributed by atoms with van der Waals surface area (Å²) in [5.41, 5.74) is 6.53. The van der Waals surface area contributed by atoms with Crippen LogP contribution in [0.4, 0.5) is 0 Å². The maximum atomic E-state index is 10.9. The van der Waals surface area contributed by atoms with E-state index in [1.54, 1.807) is 0 Å². The Balaban J connectivity index is 1.97. The van der Waals surface area contributed by atoms with Gasteiger partial charge in [-0.25, -0.2) is 4.98 Å². The van der Waals surface area contributed by atoms with Gasteiger partial charge in [-0.05, 0) is 32.7 Å². The summed E-state index contributed by atoms with van der Waals surface area (Å²) in [5, 5.41) is 10.6. The van der Waals surface area contributed by atoms with Crippen LogP contribution in [0.3, 0.4) is 0 Å². The number of amides is 1. The maximum absolute atomic E-state index is 10.9. The minimum atomic E-state index is -0.801. The smallest absolute Gasteiger partial charge is 0.217 e. The number of carbonyl (C=O) groups is 1. The number of hydrogen-bond donors (Lipinski definition) is 3. The lowest BCUT2D eigenvalue weighted by atomic mass is 9.88. The molecular formula is C15H26N4O2. The molecule has 6 heteroatoms. The zero-order valence-corrected chi connectivity index (χ0v) is 13.0. The number of piperidine rings is 1. The minimum absolute atomic E-state index is 0.242. The molecule has 2 heterocycles. The molecule has 118 valence electrons. The number of nitrogens with one attached hydrogen (secondary N) is 1. The van der Waals surface area contributed by atoms with Crippen molar-refractivity contribution >= 4 is 5.91 Å². The number of H-pyrrole nitrogens is 1. The monoisotopic (exact) mass is 294 g/mol. The Morgan fingerprint density at radius 3 is 2.95 bits per heavy atom. The highest BCUT2D eigenvalue weighted by Gasteiger charge is 2.33. The van der Waals surface area contributed by atoms with Crippen LogP contribution in [-0.2, 0) is 17.8 Å². The summed E-state index contributed by atoms with van der Waals surface area (Å²) in [5.74, 6) is 0.653. The molecule has 4 N–H and O–H groups in total. The number of primary amides is 1. The van der Waals surface area contributed by atoms with E-state index in [-0.39, 0.29) is 12.3 Å². The molecule has 1 saturated heterocycles. The first-order valence-corrected chi connectivity index (χ1v) is 7.69. The lowest BCUT2D eigenvalue weighted by Gasteiger charge is -2.39. The fraction of sp³-hybridized carbons (Fsp3) is 0.733. The van der Waals surface area contributed by atoms with E-state index < -0.39 is 5.60 Å². The molecule has 0 saturated carbocycles. The summed E-state index contributed by atoms with van der Waals surface area (Å²) >= 11 is 0. The average Bonchev–Trinajstić information content (AvgIpc) is 2.77. The van der Waals surface area contributed by atoms with Gasteiger partial charge in [0.1, 0.15) is 5.82 Å². The number of aromatic nitrogens is 2. The van der Waals surface area contributed by atoms with E-state index in [1.807, 2.05) is 6.92 Å². The maximum Gasteiger partial charge on any atom is 0.217 e. The van der Waals surface area contributed by atoms with Gasteiger partial charge in [-0.1, -0.05) is 6.92 Å². The van der Waals surface area contributed by atoms with Gasteiger partial charge in [-0.15, -0.1) is 0 Å². The van der Waals surface area contributed by atoms with Gasteiger partial charge < -0.3 is 15.8 Å². The number of likely N-dealkylation sites (tertiary alicyclic amines) is 1. The molecule has 21 heavy (non-hydrogen) atoms. The van der Waals surface area contributed by atoms with Crippen molar-refractivity contribution in [3.8, 4) is 0 Å². The number of hydrogen-bond acceptors (Lipinski definition) is 4. The average molecular weight is 294 g/mol. The van der Waals surface area contributed by atoms with E-state index in [1.165, 1.54) is 0 Å². The highest BCUT2D eigenvalue weighted by Crippen LogP contribution is 2.27. The Kier molecular flexibility index (Phi) is 5.00. The van der Waals surface area contributed by atoms with Crippen molar-refractivity contribution in [1.82, 2.24) is 14.9 Å². The van der Waals surface area contributed by atoms with Crippen LogP contribution in [-0.4, -0.2) is 44.6 Å². The Morgan fingerprint density at radius 1 is 1.57 bits per heavy atom. The third-order valence-electron chi connectivity index (χ3n) is 4.21. The van der Waals surface area contributed by atoms with Crippen molar-refractivity contribution in [2.24, 2.45) is 5.73 Å².